The molecule has 6 heteroatoms. The molecular weight excluding hydrogens is 236 g/mol. The smallest absolute Gasteiger partial charge is 0.317 e. The Balaban J connectivity index is 3.86. The second kappa shape index (κ2) is 7.00. The third kappa shape index (κ3) is 7.56. The average Bonchev–Trinajstić information content (AvgIpc) is 2.22. The van der Waals surface area contributed by atoms with Crippen LogP contribution in [0, 0.1) is 0 Å². The molecular formula is C9H16O4S2. The van der Waals surface area contributed by atoms with E-state index in [0.29, 0.717) is 12.8 Å². The van der Waals surface area contributed by atoms with E-state index >= 15 is 0 Å². The summed E-state index contributed by atoms with van der Waals surface area (Å²) in [5.74, 6) is -0.564. The highest BCUT2D eigenvalue weighted by molar-refractivity contribution is 8.14. The van der Waals surface area contributed by atoms with E-state index in [1.165, 1.54) is 0 Å². The zero-order valence-corrected chi connectivity index (χ0v) is 11.0. The third-order valence-corrected chi connectivity index (χ3v) is 3.00. The lowest BCUT2D eigenvalue weighted by molar-refractivity contribution is -0.133. The maximum absolute atomic E-state index is 10.9. The van der Waals surface area contributed by atoms with Gasteiger partial charge in [0.15, 0.2) is 0 Å². The van der Waals surface area contributed by atoms with Crippen molar-refractivity contribution in [2.24, 2.45) is 0 Å². The molecule has 0 aromatic carbocycles. The standard InChI is InChI=1S/C9H16O4S2/c1-5-7(10)12-14-9(3,4)15-13-8(11)6-2/h5-6H2,1-4H3. The van der Waals surface area contributed by atoms with Gasteiger partial charge in [0.1, 0.15) is 4.08 Å². The van der Waals surface area contributed by atoms with E-state index in [-0.39, 0.29) is 11.9 Å². The Morgan fingerprint density at radius 3 is 1.60 bits per heavy atom. The zero-order chi connectivity index (χ0) is 11.9. The normalized spacial score (nSPS) is 10.9. The van der Waals surface area contributed by atoms with Crippen molar-refractivity contribution in [1.82, 2.24) is 0 Å². The maximum Gasteiger partial charge on any atom is 0.317 e. The van der Waals surface area contributed by atoms with Gasteiger partial charge in [-0.2, -0.15) is 0 Å². The number of rotatable bonds is 6. The van der Waals surface area contributed by atoms with Crippen molar-refractivity contribution < 1.29 is 18.0 Å². The minimum absolute atomic E-state index is 0.282. The Morgan fingerprint density at radius 1 is 1.00 bits per heavy atom. The van der Waals surface area contributed by atoms with Gasteiger partial charge in [-0.05, 0) is 13.8 Å². The van der Waals surface area contributed by atoms with Crippen molar-refractivity contribution in [1.29, 1.82) is 0 Å². The van der Waals surface area contributed by atoms with E-state index in [9.17, 15) is 9.59 Å². The van der Waals surface area contributed by atoms with Gasteiger partial charge < -0.3 is 8.37 Å². The van der Waals surface area contributed by atoms with E-state index in [2.05, 4.69) is 0 Å². The van der Waals surface area contributed by atoms with Crippen LogP contribution in [0.5, 0.6) is 0 Å². The third-order valence-electron chi connectivity index (χ3n) is 1.25. The Bertz CT molecular complexity index is 206. The first-order chi connectivity index (χ1) is 6.91. The summed E-state index contributed by atoms with van der Waals surface area (Å²) < 4.78 is 9.28. The van der Waals surface area contributed by atoms with Gasteiger partial charge in [0.25, 0.3) is 0 Å². The minimum atomic E-state index is -0.490. The molecule has 0 saturated heterocycles. The van der Waals surface area contributed by atoms with Crippen molar-refractivity contribution >= 4 is 36.0 Å². The average molecular weight is 252 g/mol. The predicted molar refractivity (Wildman–Crippen MR) is 62.0 cm³/mol. The fourth-order valence-corrected chi connectivity index (χ4v) is 1.56. The maximum atomic E-state index is 10.9. The van der Waals surface area contributed by atoms with Crippen LogP contribution >= 0.6 is 24.1 Å². The number of carbonyl (C=O) groups excluding carboxylic acids is 2. The van der Waals surface area contributed by atoms with Crippen LogP contribution in [0.4, 0.5) is 0 Å². The Labute approximate surface area is 98.9 Å². The molecule has 0 fully saturated rings. The second-order valence-corrected chi connectivity index (χ2v) is 6.15. The molecule has 0 amide bonds. The lowest BCUT2D eigenvalue weighted by Gasteiger charge is -2.19. The van der Waals surface area contributed by atoms with Crippen molar-refractivity contribution in [3.05, 3.63) is 0 Å². The Hall–Kier alpha value is -0.360. The van der Waals surface area contributed by atoms with E-state index in [4.69, 9.17) is 8.37 Å². The summed E-state index contributed by atoms with van der Waals surface area (Å²) in [6.07, 6.45) is 0.672. The van der Waals surface area contributed by atoms with Gasteiger partial charge in [-0.25, -0.2) is 0 Å². The summed E-state index contributed by atoms with van der Waals surface area (Å²) in [5, 5.41) is 0. The molecule has 0 spiro atoms. The molecule has 88 valence electrons. The lowest BCUT2D eigenvalue weighted by Crippen LogP contribution is -2.14. The summed E-state index contributed by atoms with van der Waals surface area (Å²) in [5.41, 5.74) is 0. The highest BCUT2D eigenvalue weighted by Gasteiger charge is 2.26. The van der Waals surface area contributed by atoms with Crippen LogP contribution in [-0.4, -0.2) is 16.0 Å². The molecule has 0 heterocycles. The van der Waals surface area contributed by atoms with Crippen LogP contribution in [0.3, 0.4) is 0 Å². The number of carbonyl (C=O) groups is 2. The molecule has 0 aliphatic rings. The molecule has 0 aromatic rings. The predicted octanol–water partition coefficient (Wildman–Crippen LogP) is 2.93. The van der Waals surface area contributed by atoms with Crippen LogP contribution in [0.2, 0.25) is 0 Å². The Morgan fingerprint density at radius 2 is 1.33 bits per heavy atom. The molecule has 0 bridgehead atoms. The fourth-order valence-electron chi connectivity index (χ4n) is 0.425. The largest absolute Gasteiger partial charge is 0.390 e. The molecule has 0 unspecified atom stereocenters. The van der Waals surface area contributed by atoms with Gasteiger partial charge in [0.05, 0.1) is 24.1 Å². The molecule has 0 radical (unpaired) electrons. The Kier molecular flexibility index (Phi) is 6.84. The molecule has 0 aliphatic carbocycles. The zero-order valence-electron chi connectivity index (χ0n) is 9.36. The van der Waals surface area contributed by atoms with Crippen molar-refractivity contribution in [2.75, 3.05) is 0 Å². The molecule has 0 aliphatic heterocycles. The highest BCUT2D eigenvalue weighted by atomic mass is 32.2. The summed E-state index contributed by atoms with van der Waals surface area (Å²) in [6, 6.07) is 0. The van der Waals surface area contributed by atoms with E-state index < -0.39 is 4.08 Å². The molecule has 0 aromatic heterocycles. The molecule has 0 saturated carbocycles. The van der Waals surface area contributed by atoms with Crippen LogP contribution in [-0.2, 0) is 18.0 Å². The quantitative estimate of drug-likeness (QED) is 0.535. The van der Waals surface area contributed by atoms with Gasteiger partial charge in [0.2, 0.25) is 0 Å². The topological polar surface area (TPSA) is 52.6 Å². The van der Waals surface area contributed by atoms with Crippen LogP contribution < -0.4 is 0 Å². The second-order valence-electron chi connectivity index (χ2n) is 3.18. The van der Waals surface area contributed by atoms with Gasteiger partial charge in [-0.3, -0.25) is 9.59 Å². The highest BCUT2D eigenvalue weighted by Crippen LogP contribution is 2.37. The van der Waals surface area contributed by atoms with Gasteiger partial charge >= 0.3 is 11.9 Å². The first-order valence-corrected chi connectivity index (χ1v) is 6.16. The number of hydrogen-bond acceptors (Lipinski definition) is 6. The molecule has 15 heavy (non-hydrogen) atoms. The summed E-state index contributed by atoms with van der Waals surface area (Å²) >= 11 is 2.00. The van der Waals surface area contributed by atoms with Crippen molar-refractivity contribution in [3.63, 3.8) is 0 Å². The van der Waals surface area contributed by atoms with Gasteiger partial charge in [-0.15, -0.1) is 0 Å². The summed E-state index contributed by atoms with van der Waals surface area (Å²) in [4.78, 5) is 21.8. The summed E-state index contributed by atoms with van der Waals surface area (Å²) in [6.45, 7) is 7.07. The van der Waals surface area contributed by atoms with Gasteiger partial charge in [-0.1, -0.05) is 13.8 Å². The van der Waals surface area contributed by atoms with Crippen molar-refractivity contribution in [3.8, 4) is 0 Å². The summed E-state index contributed by atoms with van der Waals surface area (Å²) in [7, 11) is 0. The van der Waals surface area contributed by atoms with Crippen LogP contribution in [0.1, 0.15) is 40.5 Å². The van der Waals surface area contributed by atoms with Crippen LogP contribution in [0.25, 0.3) is 0 Å². The lowest BCUT2D eigenvalue weighted by atomic mass is 10.5. The van der Waals surface area contributed by atoms with Gasteiger partial charge in [0, 0.05) is 12.8 Å². The number of hydrogen-bond donors (Lipinski definition) is 0. The minimum Gasteiger partial charge on any atom is -0.390 e. The SMILES string of the molecule is CCC(=O)OSC(C)(C)SOC(=O)CC. The molecule has 0 N–H and O–H groups in total. The molecule has 0 rings (SSSR count). The van der Waals surface area contributed by atoms with Crippen molar-refractivity contribution in [2.45, 2.75) is 44.6 Å². The molecule has 4 nitrogen and oxygen atoms in total. The monoisotopic (exact) mass is 252 g/mol. The first-order valence-electron chi connectivity index (χ1n) is 4.68. The molecule has 0 atom stereocenters. The van der Waals surface area contributed by atoms with E-state index in [0.717, 1.165) is 24.1 Å². The van der Waals surface area contributed by atoms with Crippen LogP contribution in [0.15, 0.2) is 0 Å². The first kappa shape index (κ1) is 14.6. The fraction of sp³-hybridized carbons (Fsp3) is 0.778. The van der Waals surface area contributed by atoms with E-state index in [1.54, 1.807) is 13.8 Å². The van der Waals surface area contributed by atoms with E-state index in [1.807, 2.05) is 13.8 Å².